The number of aromatic carboxylic acids is 1. The Labute approximate surface area is 137 Å². The SMILES string of the molecule is CC1(C)C2CCC1(C)C(NS(=O)(=O)c1cccc(C(=O)O)c1)C2. The van der Waals surface area contributed by atoms with Crippen molar-refractivity contribution < 1.29 is 18.3 Å². The molecule has 0 aliphatic heterocycles. The molecule has 2 N–H and O–H groups in total. The van der Waals surface area contributed by atoms with Crippen LogP contribution in [0.4, 0.5) is 0 Å². The van der Waals surface area contributed by atoms with Crippen LogP contribution in [0.2, 0.25) is 0 Å². The Hall–Kier alpha value is -1.40. The van der Waals surface area contributed by atoms with Crippen LogP contribution < -0.4 is 4.72 Å². The number of benzene rings is 1. The smallest absolute Gasteiger partial charge is 0.335 e. The van der Waals surface area contributed by atoms with E-state index in [4.69, 9.17) is 5.11 Å². The molecule has 1 aromatic carbocycles. The number of rotatable bonds is 4. The average Bonchev–Trinajstić information content (AvgIpc) is 2.80. The molecule has 2 aliphatic carbocycles. The molecular weight excluding hydrogens is 314 g/mol. The summed E-state index contributed by atoms with van der Waals surface area (Å²) in [5, 5.41) is 9.04. The Morgan fingerprint density at radius 2 is 2.00 bits per heavy atom. The van der Waals surface area contributed by atoms with E-state index in [1.807, 2.05) is 0 Å². The number of carbonyl (C=O) groups is 1. The van der Waals surface area contributed by atoms with Crippen LogP contribution in [0.15, 0.2) is 29.2 Å². The highest BCUT2D eigenvalue weighted by molar-refractivity contribution is 7.89. The van der Waals surface area contributed by atoms with E-state index in [1.165, 1.54) is 24.3 Å². The monoisotopic (exact) mass is 337 g/mol. The van der Waals surface area contributed by atoms with Gasteiger partial charge < -0.3 is 5.11 Å². The van der Waals surface area contributed by atoms with Crippen LogP contribution in [0, 0.1) is 16.7 Å². The van der Waals surface area contributed by atoms with Gasteiger partial charge in [0.15, 0.2) is 0 Å². The number of fused-ring (bicyclic) bond motifs is 2. The number of hydrogen-bond donors (Lipinski definition) is 2. The van der Waals surface area contributed by atoms with E-state index in [-0.39, 0.29) is 27.3 Å². The molecule has 3 rings (SSSR count). The van der Waals surface area contributed by atoms with E-state index in [2.05, 4.69) is 25.5 Å². The molecular formula is C17H23NO4S. The lowest BCUT2D eigenvalue weighted by molar-refractivity contribution is 0.0696. The van der Waals surface area contributed by atoms with Crippen LogP contribution in [0.5, 0.6) is 0 Å². The van der Waals surface area contributed by atoms with E-state index in [0.717, 1.165) is 19.3 Å². The molecule has 0 radical (unpaired) electrons. The summed E-state index contributed by atoms with van der Waals surface area (Å²) in [6.45, 7) is 6.62. The van der Waals surface area contributed by atoms with Crippen molar-refractivity contribution in [3.05, 3.63) is 29.8 Å². The van der Waals surface area contributed by atoms with Crippen molar-refractivity contribution in [2.75, 3.05) is 0 Å². The Morgan fingerprint density at radius 3 is 2.52 bits per heavy atom. The van der Waals surface area contributed by atoms with Gasteiger partial charge in [-0.3, -0.25) is 0 Å². The second-order valence-electron chi connectivity index (χ2n) is 7.62. The highest BCUT2D eigenvalue weighted by atomic mass is 32.2. The largest absolute Gasteiger partial charge is 0.478 e. The van der Waals surface area contributed by atoms with Gasteiger partial charge in [0.2, 0.25) is 10.0 Å². The summed E-state index contributed by atoms with van der Waals surface area (Å²) in [6, 6.07) is 5.41. The molecule has 0 saturated heterocycles. The summed E-state index contributed by atoms with van der Waals surface area (Å²) in [6.07, 6.45) is 3.02. The highest BCUT2D eigenvalue weighted by Crippen LogP contribution is 2.65. The Kier molecular flexibility index (Phi) is 3.61. The maximum absolute atomic E-state index is 12.7. The van der Waals surface area contributed by atoms with Gasteiger partial charge >= 0.3 is 5.97 Å². The van der Waals surface area contributed by atoms with Gasteiger partial charge in [-0.15, -0.1) is 0 Å². The van der Waals surface area contributed by atoms with Gasteiger partial charge in [0, 0.05) is 6.04 Å². The molecule has 0 aromatic heterocycles. The minimum absolute atomic E-state index is 0.0154. The van der Waals surface area contributed by atoms with Crippen molar-refractivity contribution >= 4 is 16.0 Å². The summed E-state index contributed by atoms with van der Waals surface area (Å²) in [5.74, 6) is -0.597. The Bertz CT molecular complexity index is 756. The number of sulfonamides is 1. The van der Waals surface area contributed by atoms with Crippen LogP contribution in [-0.2, 0) is 10.0 Å². The molecule has 0 spiro atoms. The van der Waals surface area contributed by atoms with Crippen molar-refractivity contribution in [3.8, 4) is 0 Å². The lowest BCUT2D eigenvalue weighted by Crippen LogP contribution is -2.46. The Balaban J connectivity index is 1.89. The first-order chi connectivity index (χ1) is 10.6. The third-order valence-electron chi connectivity index (χ3n) is 6.48. The lowest BCUT2D eigenvalue weighted by atomic mass is 9.69. The summed E-state index contributed by atoms with van der Waals surface area (Å²) in [5.41, 5.74) is 0.0329. The summed E-state index contributed by atoms with van der Waals surface area (Å²) >= 11 is 0. The first-order valence-corrected chi connectivity index (χ1v) is 9.42. The van der Waals surface area contributed by atoms with Crippen LogP contribution in [0.3, 0.4) is 0 Å². The van der Waals surface area contributed by atoms with Crippen molar-refractivity contribution in [1.82, 2.24) is 4.72 Å². The normalized spacial score (nSPS) is 32.1. The van der Waals surface area contributed by atoms with Gasteiger partial charge in [-0.05, 0) is 54.2 Å². The molecule has 23 heavy (non-hydrogen) atoms. The molecule has 2 aliphatic rings. The molecule has 0 heterocycles. The van der Waals surface area contributed by atoms with E-state index >= 15 is 0 Å². The van der Waals surface area contributed by atoms with E-state index in [0.29, 0.717) is 5.92 Å². The molecule has 3 atom stereocenters. The van der Waals surface area contributed by atoms with Crippen molar-refractivity contribution in [2.45, 2.75) is 51.0 Å². The van der Waals surface area contributed by atoms with Gasteiger partial charge in [-0.1, -0.05) is 26.8 Å². The standard InChI is InChI=1S/C17H23NO4S/c1-16(2)12-7-8-17(16,3)14(10-12)18-23(21,22)13-6-4-5-11(9-13)15(19)20/h4-6,9,12,14,18H,7-8,10H2,1-3H3,(H,19,20). The molecule has 2 bridgehead atoms. The molecule has 2 fully saturated rings. The topological polar surface area (TPSA) is 83.5 Å². The van der Waals surface area contributed by atoms with Crippen LogP contribution >= 0.6 is 0 Å². The predicted octanol–water partition coefficient (Wildman–Crippen LogP) is 2.88. The van der Waals surface area contributed by atoms with E-state index in [1.54, 1.807) is 0 Å². The second-order valence-corrected chi connectivity index (χ2v) is 9.33. The number of carboxylic acid groups (broad SMARTS) is 1. The van der Waals surface area contributed by atoms with Crippen LogP contribution in [-0.4, -0.2) is 25.5 Å². The molecule has 3 unspecified atom stereocenters. The molecule has 1 aromatic rings. The van der Waals surface area contributed by atoms with Gasteiger partial charge in [-0.2, -0.15) is 0 Å². The zero-order valence-corrected chi connectivity index (χ0v) is 14.5. The summed E-state index contributed by atoms with van der Waals surface area (Å²) in [7, 11) is -3.72. The quantitative estimate of drug-likeness (QED) is 0.885. The van der Waals surface area contributed by atoms with Crippen LogP contribution in [0.25, 0.3) is 0 Å². The molecule has 0 amide bonds. The third-order valence-corrected chi connectivity index (χ3v) is 7.95. The number of hydrogen-bond acceptors (Lipinski definition) is 3. The lowest BCUT2D eigenvalue weighted by Gasteiger charge is -2.39. The summed E-state index contributed by atoms with van der Waals surface area (Å²) in [4.78, 5) is 11.1. The average molecular weight is 337 g/mol. The highest BCUT2D eigenvalue weighted by Gasteiger charge is 2.61. The molecule has 5 nitrogen and oxygen atoms in total. The zero-order chi connectivity index (χ0) is 17.0. The van der Waals surface area contributed by atoms with E-state index in [9.17, 15) is 13.2 Å². The number of nitrogens with one attached hydrogen (secondary N) is 1. The van der Waals surface area contributed by atoms with Crippen molar-refractivity contribution in [3.63, 3.8) is 0 Å². The summed E-state index contributed by atoms with van der Waals surface area (Å²) < 4.78 is 28.2. The van der Waals surface area contributed by atoms with Crippen molar-refractivity contribution in [2.24, 2.45) is 16.7 Å². The maximum Gasteiger partial charge on any atom is 0.335 e. The maximum atomic E-state index is 12.7. The minimum atomic E-state index is -3.72. The molecule has 2 saturated carbocycles. The number of carboxylic acids is 1. The fourth-order valence-corrected chi connectivity index (χ4v) is 5.84. The third kappa shape index (κ3) is 2.39. The fraction of sp³-hybridized carbons (Fsp3) is 0.588. The predicted molar refractivity (Wildman–Crippen MR) is 86.7 cm³/mol. The first-order valence-electron chi connectivity index (χ1n) is 7.94. The molecule has 126 valence electrons. The Morgan fingerprint density at radius 1 is 1.30 bits per heavy atom. The van der Waals surface area contributed by atoms with Gasteiger partial charge in [0.25, 0.3) is 0 Å². The first kappa shape index (κ1) is 16.5. The van der Waals surface area contributed by atoms with Crippen molar-refractivity contribution in [1.29, 1.82) is 0 Å². The fourth-order valence-electron chi connectivity index (χ4n) is 4.43. The van der Waals surface area contributed by atoms with Gasteiger partial charge in [0.05, 0.1) is 10.5 Å². The van der Waals surface area contributed by atoms with Gasteiger partial charge in [-0.25, -0.2) is 17.9 Å². The second kappa shape index (κ2) is 5.05. The minimum Gasteiger partial charge on any atom is -0.478 e. The van der Waals surface area contributed by atoms with Gasteiger partial charge in [0.1, 0.15) is 0 Å². The van der Waals surface area contributed by atoms with Crippen LogP contribution in [0.1, 0.15) is 50.4 Å². The zero-order valence-electron chi connectivity index (χ0n) is 13.7. The van der Waals surface area contributed by atoms with E-state index < -0.39 is 16.0 Å². The molecule has 6 heteroatoms.